The second-order valence-corrected chi connectivity index (χ2v) is 7.02. The number of hydrogen-bond donors (Lipinski definition) is 1. The second-order valence-electron chi connectivity index (χ2n) is 6.10. The first-order valence-electron chi connectivity index (χ1n) is 8.35. The van der Waals surface area contributed by atoms with Crippen LogP contribution in [-0.2, 0) is 4.79 Å². The average Bonchev–Trinajstić information content (AvgIpc) is 2.69. The summed E-state index contributed by atoms with van der Waals surface area (Å²) in [6, 6.07) is 14.2. The van der Waals surface area contributed by atoms with Gasteiger partial charge in [-0.1, -0.05) is 46.3 Å². The molecule has 1 atom stereocenters. The zero-order valence-corrected chi connectivity index (χ0v) is 16.6. The van der Waals surface area contributed by atoms with Crippen molar-refractivity contribution in [3.05, 3.63) is 82.0 Å². The molecular formula is C21H19BrN2O3. The Morgan fingerprint density at radius 1 is 1.15 bits per heavy atom. The van der Waals surface area contributed by atoms with E-state index in [0.717, 1.165) is 15.6 Å². The molecule has 5 nitrogen and oxygen atoms in total. The minimum Gasteiger partial charge on any atom is -0.497 e. The number of benzene rings is 2. The predicted octanol–water partition coefficient (Wildman–Crippen LogP) is 4.32. The number of ketones is 1. The molecule has 0 saturated carbocycles. The van der Waals surface area contributed by atoms with Crippen LogP contribution in [-0.4, -0.2) is 30.9 Å². The maximum atomic E-state index is 12.8. The van der Waals surface area contributed by atoms with Gasteiger partial charge in [0.25, 0.3) is 0 Å². The van der Waals surface area contributed by atoms with Crippen molar-refractivity contribution in [1.29, 1.82) is 0 Å². The van der Waals surface area contributed by atoms with Crippen LogP contribution in [0.25, 0.3) is 6.08 Å². The van der Waals surface area contributed by atoms with Crippen molar-refractivity contribution in [2.24, 2.45) is 0 Å². The van der Waals surface area contributed by atoms with Crippen LogP contribution in [0.4, 0.5) is 4.79 Å². The van der Waals surface area contributed by atoms with Gasteiger partial charge in [0.2, 0.25) is 0 Å². The quantitative estimate of drug-likeness (QED) is 0.724. The van der Waals surface area contributed by atoms with Crippen molar-refractivity contribution >= 4 is 33.8 Å². The number of halogens is 1. The summed E-state index contributed by atoms with van der Waals surface area (Å²) in [5.74, 6) is 0.551. The fraction of sp³-hybridized carbons (Fsp3) is 0.143. The van der Waals surface area contributed by atoms with Gasteiger partial charge in [0, 0.05) is 23.3 Å². The lowest BCUT2D eigenvalue weighted by Gasteiger charge is -2.29. The van der Waals surface area contributed by atoms with Crippen molar-refractivity contribution in [1.82, 2.24) is 10.2 Å². The zero-order valence-electron chi connectivity index (χ0n) is 15.0. The Morgan fingerprint density at radius 3 is 2.44 bits per heavy atom. The maximum Gasteiger partial charge on any atom is 0.321 e. The molecule has 6 heteroatoms. The summed E-state index contributed by atoms with van der Waals surface area (Å²) in [6.07, 6.45) is 4.87. The Morgan fingerprint density at radius 2 is 1.81 bits per heavy atom. The first-order chi connectivity index (χ1) is 13.0. The molecule has 0 aromatic heterocycles. The van der Waals surface area contributed by atoms with Crippen molar-refractivity contribution in [2.75, 3.05) is 14.2 Å². The SMILES string of the molecule is COc1ccc([C@@H]2NC(=O)N(C)C=C2C(=O)/C=C/c2ccc(Br)cc2)cc1. The molecule has 1 aliphatic rings. The number of nitrogens with one attached hydrogen (secondary N) is 1. The molecule has 0 saturated heterocycles. The lowest BCUT2D eigenvalue weighted by atomic mass is 9.94. The summed E-state index contributed by atoms with van der Waals surface area (Å²) >= 11 is 3.39. The summed E-state index contributed by atoms with van der Waals surface area (Å²) in [7, 11) is 3.21. The van der Waals surface area contributed by atoms with E-state index in [4.69, 9.17) is 4.74 Å². The third-order valence-electron chi connectivity index (χ3n) is 4.26. The predicted molar refractivity (Wildman–Crippen MR) is 108 cm³/mol. The number of amides is 2. The maximum absolute atomic E-state index is 12.8. The van der Waals surface area contributed by atoms with E-state index in [0.29, 0.717) is 11.3 Å². The van der Waals surface area contributed by atoms with Crippen LogP contribution < -0.4 is 10.1 Å². The zero-order chi connectivity index (χ0) is 19.4. The highest BCUT2D eigenvalue weighted by Crippen LogP contribution is 2.28. The van der Waals surface area contributed by atoms with E-state index < -0.39 is 6.04 Å². The van der Waals surface area contributed by atoms with E-state index in [1.54, 1.807) is 38.6 Å². The summed E-state index contributed by atoms with van der Waals surface area (Å²) in [5, 5.41) is 2.87. The molecule has 2 aromatic rings. The number of nitrogens with zero attached hydrogens (tertiary/aromatic N) is 1. The molecule has 0 unspecified atom stereocenters. The van der Waals surface area contributed by atoms with Gasteiger partial charge in [0.05, 0.1) is 13.2 Å². The number of methoxy groups -OCH3 is 1. The van der Waals surface area contributed by atoms with E-state index in [-0.39, 0.29) is 11.8 Å². The van der Waals surface area contributed by atoms with E-state index in [1.165, 1.54) is 11.0 Å². The van der Waals surface area contributed by atoms with E-state index in [2.05, 4.69) is 21.2 Å². The highest BCUT2D eigenvalue weighted by Gasteiger charge is 2.29. The molecule has 0 radical (unpaired) electrons. The first kappa shape index (κ1) is 18.9. The monoisotopic (exact) mass is 426 g/mol. The molecule has 1 aliphatic heterocycles. The number of rotatable bonds is 5. The number of carbonyl (C=O) groups excluding carboxylic acids is 2. The number of hydrogen-bond acceptors (Lipinski definition) is 3. The van der Waals surface area contributed by atoms with Gasteiger partial charge in [-0.3, -0.25) is 4.79 Å². The molecule has 0 bridgehead atoms. The van der Waals surface area contributed by atoms with Gasteiger partial charge in [-0.05, 0) is 41.5 Å². The van der Waals surface area contributed by atoms with Crippen molar-refractivity contribution in [3.8, 4) is 5.75 Å². The Balaban J connectivity index is 1.88. The van der Waals surface area contributed by atoms with Crippen molar-refractivity contribution in [2.45, 2.75) is 6.04 Å². The molecule has 0 spiro atoms. The van der Waals surface area contributed by atoms with Crippen LogP contribution in [0.2, 0.25) is 0 Å². The molecule has 0 fully saturated rings. The van der Waals surface area contributed by atoms with Gasteiger partial charge in [0.15, 0.2) is 5.78 Å². The Bertz CT molecular complexity index is 902. The molecule has 3 rings (SSSR count). The summed E-state index contributed by atoms with van der Waals surface area (Å²) in [4.78, 5) is 26.3. The minimum absolute atomic E-state index is 0.161. The summed E-state index contributed by atoms with van der Waals surface area (Å²) in [5.41, 5.74) is 2.23. The van der Waals surface area contributed by atoms with Crippen molar-refractivity contribution < 1.29 is 14.3 Å². The highest BCUT2D eigenvalue weighted by atomic mass is 79.9. The number of allylic oxidation sites excluding steroid dienone is 1. The molecule has 1 heterocycles. The normalized spacial score (nSPS) is 16.9. The van der Waals surface area contributed by atoms with Gasteiger partial charge < -0.3 is 15.0 Å². The molecule has 27 heavy (non-hydrogen) atoms. The Hall–Kier alpha value is -2.86. The lowest BCUT2D eigenvalue weighted by Crippen LogP contribution is -2.43. The molecule has 2 aromatic carbocycles. The molecular weight excluding hydrogens is 408 g/mol. The highest BCUT2D eigenvalue weighted by molar-refractivity contribution is 9.10. The topological polar surface area (TPSA) is 58.6 Å². The number of urea groups is 1. The summed E-state index contributed by atoms with van der Waals surface area (Å²) in [6.45, 7) is 0. The average molecular weight is 427 g/mol. The van der Waals surface area contributed by atoms with E-state index >= 15 is 0 Å². The standard InChI is InChI=1S/C21H19BrN2O3/c1-24-13-18(19(25)12-5-14-3-8-16(22)9-4-14)20(23-21(24)26)15-6-10-17(27-2)11-7-15/h3-13,20H,1-2H3,(H,23,26)/b12-5+/t20-/m0/s1. The van der Waals surface area contributed by atoms with E-state index in [9.17, 15) is 9.59 Å². The molecule has 1 N–H and O–H groups in total. The molecule has 2 amide bonds. The summed E-state index contributed by atoms with van der Waals surface area (Å²) < 4.78 is 6.15. The van der Waals surface area contributed by atoms with Crippen LogP contribution in [0.3, 0.4) is 0 Å². The van der Waals surface area contributed by atoms with Gasteiger partial charge in [-0.25, -0.2) is 4.79 Å². The first-order valence-corrected chi connectivity index (χ1v) is 9.14. The van der Waals surface area contributed by atoms with Gasteiger partial charge in [0.1, 0.15) is 5.75 Å². The number of carbonyl (C=O) groups is 2. The minimum atomic E-state index is -0.512. The number of ether oxygens (including phenoxy) is 1. The largest absolute Gasteiger partial charge is 0.497 e. The fourth-order valence-corrected chi connectivity index (χ4v) is 3.02. The van der Waals surface area contributed by atoms with E-state index in [1.807, 2.05) is 36.4 Å². The Kier molecular flexibility index (Phi) is 5.76. The second kappa shape index (κ2) is 8.22. The van der Waals surface area contributed by atoms with Crippen LogP contribution >= 0.6 is 15.9 Å². The van der Waals surface area contributed by atoms with Gasteiger partial charge in [-0.2, -0.15) is 0 Å². The molecule has 0 aliphatic carbocycles. The molecule has 138 valence electrons. The van der Waals surface area contributed by atoms with Crippen LogP contribution in [0.15, 0.2) is 70.9 Å². The van der Waals surface area contributed by atoms with Crippen LogP contribution in [0, 0.1) is 0 Å². The smallest absolute Gasteiger partial charge is 0.321 e. The lowest BCUT2D eigenvalue weighted by molar-refractivity contribution is -0.111. The van der Waals surface area contributed by atoms with Gasteiger partial charge in [-0.15, -0.1) is 0 Å². The van der Waals surface area contributed by atoms with Crippen molar-refractivity contribution in [3.63, 3.8) is 0 Å². The fourth-order valence-electron chi connectivity index (χ4n) is 2.75. The van der Waals surface area contributed by atoms with Crippen LogP contribution in [0.1, 0.15) is 17.2 Å². The third-order valence-corrected chi connectivity index (χ3v) is 4.79. The van der Waals surface area contributed by atoms with Crippen LogP contribution in [0.5, 0.6) is 5.75 Å². The Labute approximate surface area is 166 Å². The van der Waals surface area contributed by atoms with Gasteiger partial charge >= 0.3 is 6.03 Å². The third kappa shape index (κ3) is 4.46.